The summed E-state index contributed by atoms with van der Waals surface area (Å²) in [5, 5.41) is 25.9. The van der Waals surface area contributed by atoms with E-state index in [9.17, 15) is 9.59 Å². The second-order valence-corrected chi connectivity index (χ2v) is 7.32. The number of carbonyl (C=O) groups is 3. The zero-order valence-corrected chi connectivity index (χ0v) is 18.5. The Morgan fingerprint density at radius 2 is 1.61 bits per heavy atom. The van der Waals surface area contributed by atoms with Crippen LogP contribution in [-0.4, -0.2) is 85.1 Å². The van der Waals surface area contributed by atoms with E-state index in [1.807, 2.05) is 37.3 Å². The molecule has 1 aromatic heterocycles. The lowest BCUT2D eigenvalue weighted by molar-refractivity contribution is -0.159. The number of nitrogens with one attached hydrogen (secondary N) is 1. The van der Waals surface area contributed by atoms with Gasteiger partial charge >= 0.3 is 23.6 Å². The molecule has 2 aromatic rings. The molecule has 33 heavy (non-hydrogen) atoms. The van der Waals surface area contributed by atoms with Crippen LogP contribution in [0.15, 0.2) is 35.1 Å². The molecule has 3 N–H and O–H groups in total. The van der Waals surface area contributed by atoms with Crippen molar-refractivity contribution in [3.8, 4) is 0 Å². The van der Waals surface area contributed by atoms with Gasteiger partial charge in [0, 0.05) is 31.9 Å². The molecule has 1 aliphatic heterocycles. The molecule has 1 aromatic carbocycles. The first-order valence-corrected chi connectivity index (χ1v) is 10.3. The van der Waals surface area contributed by atoms with Crippen LogP contribution in [0.25, 0.3) is 0 Å². The largest absolute Gasteiger partial charge is 0.473 e. The zero-order valence-electron chi connectivity index (χ0n) is 18.5. The van der Waals surface area contributed by atoms with E-state index in [0.717, 1.165) is 18.8 Å². The molecule has 1 fully saturated rings. The molecule has 0 atom stereocenters. The highest BCUT2D eigenvalue weighted by Crippen LogP contribution is 2.28. The lowest BCUT2D eigenvalue weighted by Gasteiger charge is -2.40. The van der Waals surface area contributed by atoms with Gasteiger partial charge in [-0.2, -0.15) is 9.36 Å². The number of hydrogen-bond donors (Lipinski definition) is 3. The maximum Gasteiger partial charge on any atom is 0.414 e. The fourth-order valence-electron chi connectivity index (χ4n) is 3.41. The van der Waals surface area contributed by atoms with Crippen LogP contribution in [0.1, 0.15) is 19.8 Å². The van der Waals surface area contributed by atoms with Gasteiger partial charge in [-0.15, -0.1) is 0 Å². The first kappa shape index (κ1) is 25.5. The van der Waals surface area contributed by atoms with Crippen molar-refractivity contribution in [2.75, 3.05) is 32.1 Å². The summed E-state index contributed by atoms with van der Waals surface area (Å²) in [5.74, 6) is -3.89. The average molecular weight is 464 g/mol. The predicted molar refractivity (Wildman–Crippen MR) is 116 cm³/mol. The van der Waals surface area contributed by atoms with E-state index in [-0.39, 0.29) is 11.7 Å². The van der Waals surface area contributed by atoms with Gasteiger partial charge in [0.05, 0.1) is 13.7 Å². The van der Waals surface area contributed by atoms with E-state index >= 15 is 0 Å². The fourth-order valence-corrected chi connectivity index (χ4v) is 3.41. The van der Waals surface area contributed by atoms with Gasteiger partial charge in [0.25, 0.3) is 0 Å². The summed E-state index contributed by atoms with van der Waals surface area (Å²) in [5.41, 5.74) is -0.0161. The Bertz CT molecular complexity index is 984. The molecule has 13 nitrogen and oxygen atoms in total. The number of anilines is 1. The molecule has 2 heterocycles. The second kappa shape index (κ2) is 11.8. The Hall–Kier alpha value is -3.74. The van der Waals surface area contributed by atoms with E-state index in [4.69, 9.17) is 24.5 Å². The molecular formula is C20H28N6O7. The third kappa shape index (κ3) is 6.87. The predicted octanol–water partition coefficient (Wildman–Crippen LogP) is -0.265. The van der Waals surface area contributed by atoms with Gasteiger partial charge in [0.15, 0.2) is 0 Å². The number of aryl methyl sites for hydroxylation is 1. The number of carboxylic acid groups (broad SMARTS) is 2. The van der Waals surface area contributed by atoms with E-state index in [0.29, 0.717) is 32.5 Å². The summed E-state index contributed by atoms with van der Waals surface area (Å²) in [6.45, 7) is 4.99. The number of nitrogens with zero attached hydrogens (tertiary/aromatic N) is 5. The third-order valence-electron chi connectivity index (χ3n) is 5.25. The summed E-state index contributed by atoms with van der Waals surface area (Å²) < 4.78 is 7.79. The van der Waals surface area contributed by atoms with Crippen molar-refractivity contribution in [3.05, 3.63) is 40.8 Å². The third-order valence-corrected chi connectivity index (χ3v) is 5.25. The van der Waals surface area contributed by atoms with Gasteiger partial charge in [0.2, 0.25) is 0 Å². The molecule has 1 aliphatic rings. The summed E-state index contributed by atoms with van der Waals surface area (Å²) >= 11 is 0. The topological polar surface area (TPSA) is 169 Å². The van der Waals surface area contributed by atoms with Gasteiger partial charge in [-0.3, -0.25) is 0 Å². The Kier molecular flexibility index (Phi) is 9.09. The molecule has 13 heteroatoms. The number of rotatable bonds is 7. The minimum Gasteiger partial charge on any atom is -0.473 e. The molecule has 0 bridgehead atoms. The smallest absolute Gasteiger partial charge is 0.414 e. The number of ether oxygens (including phenoxy) is 1. The highest BCUT2D eigenvalue weighted by molar-refractivity contribution is 6.27. The number of hydrogen-bond acceptors (Lipinski definition) is 9. The number of aromatic nitrogens is 4. The lowest BCUT2D eigenvalue weighted by atomic mass is 9.87. The van der Waals surface area contributed by atoms with Crippen molar-refractivity contribution in [2.24, 2.45) is 0 Å². The number of likely N-dealkylation sites (tertiary alicyclic amines) is 1. The molecule has 0 amide bonds. The number of benzene rings is 1. The van der Waals surface area contributed by atoms with Crippen LogP contribution in [-0.2, 0) is 32.2 Å². The van der Waals surface area contributed by atoms with Crippen molar-refractivity contribution in [3.63, 3.8) is 0 Å². The van der Waals surface area contributed by atoms with Gasteiger partial charge in [-0.05, 0) is 42.3 Å². The van der Waals surface area contributed by atoms with Crippen LogP contribution < -0.4 is 11.0 Å². The highest BCUT2D eigenvalue weighted by Gasteiger charge is 2.42. The van der Waals surface area contributed by atoms with Crippen LogP contribution in [0.4, 0.5) is 5.69 Å². The van der Waals surface area contributed by atoms with Crippen molar-refractivity contribution < 1.29 is 29.3 Å². The fraction of sp³-hybridized carbons (Fsp3) is 0.500. The number of tetrazole rings is 1. The molecule has 0 spiro atoms. The molecule has 0 radical (unpaired) electrons. The number of carboxylic acids is 2. The number of aliphatic carboxylic acids is 2. The Labute approximate surface area is 189 Å². The molecule has 0 aliphatic carbocycles. The average Bonchev–Trinajstić information content (AvgIpc) is 3.18. The Balaban J connectivity index is 0.000000569. The summed E-state index contributed by atoms with van der Waals surface area (Å²) in [6.07, 6.45) is 1.26. The molecule has 180 valence electrons. The van der Waals surface area contributed by atoms with Crippen molar-refractivity contribution >= 4 is 23.6 Å². The Morgan fingerprint density at radius 3 is 2.09 bits per heavy atom. The minimum absolute atomic E-state index is 0.191. The summed E-state index contributed by atoms with van der Waals surface area (Å²) in [4.78, 5) is 44.9. The van der Waals surface area contributed by atoms with E-state index in [2.05, 4.69) is 20.6 Å². The van der Waals surface area contributed by atoms with Crippen LogP contribution >= 0.6 is 0 Å². The van der Waals surface area contributed by atoms with E-state index in [1.165, 1.54) is 16.5 Å². The monoisotopic (exact) mass is 464 g/mol. The van der Waals surface area contributed by atoms with E-state index < -0.39 is 17.5 Å². The van der Waals surface area contributed by atoms with Gasteiger partial charge in [0.1, 0.15) is 5.54 Å². The maximum absolute atomic E-state index is 12.5. The van der Waals surface area contributed by atoms with E-state index in [1.54, 1.807) is 0 Å². The van der Waals surface area contributed by atoms with Gasteiger partial charge < -0.3 is 25.2 Å². The second-order valence-electron chi connectivity index (χ2n) is 7.32. The summed E-state index contributed by atoms with van der Waals surface area (Å²) in [7, 11) is 1.42. The number of piperidine rings is 1. The standard InChI is InChI=1S/C18H26N6O3.C2H2O4/c1-3-23-17(26)24(21-20-23)14-13-22-11-9-18(10-12-22,16(25)27-2)19-15-7-5-4-6-8-15;3-1(4)2(5)6/h4-8,19H,3,9-14H2,1-2H3;(H,3,4)(H,5,6). The first-order valence-electron chi connectivity index (χ1n) is 10.3. The van der Waals surface area contributed by atoms with Crippen LogP contribution in [0.5, 0.6) is 0 Å². The normalized spacial score (nSPS) is 15.1. The number of para-hydroxylation sites is 1. The highest BCUT2D eigenvalue weighted by atomic mass is 16.5. The van der Waals surface area contributed by atoms with Crippen LogP contribution in [0.2, 0.25) is 0 Å². The van der Waals surface area contributed by atoms with Crippen molar-refractivity contribution in [1.82, 2.24) is 24.7 Å². The maximum atomic E-state index is 12.5. The molecule has 1 saturated heterocycles. The van der Waals surface area contributed by atoms with Gasteiger partial charge in [-0.1, -0.05) is 18.2 Å². The quantitative estimate of drug-likeness (QED) is 0.364. The minimum atomic E-state index is -1.82. The molecule has 0 saturated carbocycles. The number of methoxy groups -OCH3 is 1. The Morgan fingerprint density at radius 1 is 1.03 bits per heavy atom. The molecule has 0 unspecified atom stereocenters. The van der Waals surface area contributed by atoms with Crippen LogP contribution in [0, 0.1) is 0 Å². The summed E-state index contributed by atoms with van der Waals surface area (Å²) in [6, 6.07) is 9.70. The number of carbonyl (C=O) groups excluding carboxylic acids is 1. The number of esters is 1. The van der Waals surface area contributed by atoms with Crippen molar-refractivity contribution in [1.29, 1.82) is 0 Å². The molecule has 3 rings (SSSR count). The first-order chi connectivity index (χ1) is 15.7. The zero-order chi connectivity index (χ0) is 24.4. The van der Waals surface area contributed by atoms with Crippen molar-refractivity contribution in [2.45, 2.75) is 38.4 Å². The lowest BCUT2D eigenvalue weighted by Crippen LogP contribution is -2.55. The molecular weight excluding hydrogens is 436 g/mol. The van der Waals surface area contributed by atoms with Gasteiger partial charge in [-0.25, -0.2) is 19.2 Å². The SMILES string of the molecule is CCn1nnn(CCN2CCC(Nc3ccccc3)(C(=O)OC)CC2)c1=O.O=C(O)C(=O)O. The van der Waals surface area contributed by atoms with Crippen LogP contribution in [0.3, 0.4) is 0 Å².